The highest BCUT2D eigenvalue weighted by atomic mass is 127. The van der Waals surface area contributed by atoms with Gasteiger partial charge in [0.2, 0.25) is 5.91 Å². The van der Waals surface area contributed by atoms with Gasteiger partial charge in [-0.2, -0.15) is 5.10 Å². The van der Waals surface area contributed by atoms with Gasteiger partial charge >= 0.3 is 0 Å². The van der Waals surface area contributed by atoms with Crippen LogP contribution in [0.3, 0.4) is 0 Å². The first kappa shape index (κ1) is 25.1. The Balaban J connectivity index is 1.67. The number of amides is 1. The van der Waals surface area contributed by atoms with Gasteiger partial charge in [0.25, 0.3) is 5.69 Å². The van der Waals surface area contributed by atoms with Crippen LogP contribution < -0.4 is 14.9 Å². The van der Waals surface area contributed by atoms with Crippen molar-refractivity contribution in [3.8, 4) is 11.5 Å². The zero-order valence-corrected chi connectivity index (χ0v) is 20.3. The van der Waals surface area contributed by atoms with Crippen molar-refractivity contribution in [1.82, 2.24) is 5.43 Å². The van der Waals surface area contributed by atoms with Crippen LogP contribution in [0, 0.1) is 19.5 Å². The molecule has 0 bridgehead atoms. The maximum Gasteiger partial charge on any atom is 0.269 e. The molecule has 0 spiro atoms. The number of halogens is 2. The fourth-order valence-corrected chi connectivity index (χ4v) is 3.77. The molecule has 1 amide bonds. The molecular weight excluding hydrogens is 556 g/mol. The van der Waals surface area contributed by atoms with E-state index >= 15 is 0 Å². The summed E-state index contributed by atoms with van der Waals surface area (Å²) in [5, 5.41) is 15.0. The van der Waals surface area contributed by atoms with Crippen molar-refractivity contribution in [2.24, 2.45) is 5.10 Å². The molecule has 0 aliphatic heterocycles. The Morgan fingerprint density at radius 1 is 1.15 bits per heavy atom. The fourth-order valence-electron chi connectivity index (χ4n) is 2.99. The number of hydrogen-bond acceptors (Lipinski definition) is 6. The summed E-state index contributed by atoms with van der Waals surface area (Å²) in [5.74, 6) is 0.296. The number of nitrogens with zero attached hydrogens (tertiary/aromatic N) is 2. The van der Waals surface area contributed by atoms with Gasteiger partial charge < -0.3 is 9.47 Å². The van der Waals surface area contributed by atoms with E-state index in [1.807, 2.05) is 13.0 Å². The van der Waals surface area contributed by atoms with E-state index in [2.05, 4.69) is 33.1 Å². The lowest BCUT2D eigenvalue weighted by atomic mass is 10.1. The van der Waals surface area contributed by atoms with Crippen LogP contribution in [-0.2, 0) is 17.8 Å². The summed E-state index contributed by atoms with van der Waals surface area (Å²) in [6, 6.07) is 15.5. The molecular formula is C24H21FIN3O5. The summed E-state index contributed by atoms with van der Waals surface area (Å²) >= 11 is 2.10. The highest BCUT2D eigenvalue weighted by molar-refractivity contribution is 14.1. The Morgan fingerprint density at radius 3 is 2.62 bits per heavy atom. The molecule has 8 nitrogen and oxygen atoms in total. The van der Waals surface area contributed by atoms with Gasteiger partial charge in [0.1, 0.15) is 12.4 Å². The standard InChI is InChI=1S/C24H21FIN3O5/c1-2-33-22-12-18(14-27-28-23(30)13-16-6-8-19(25)9-7-16)11-21(26)24(22)34-15-17-4-3-5-20(10-17)29(31)32/h3-12,14H,2,13,15H2,1H3,(H,28,30)/b27-14+. The van der Waals surface area contributed by atoms with Gasteiger partial charge in [0, 0.05) is 12.1 Å². The maximum atomic E-state index is 13.0. The summed E-state index contributed by atoms with van der Waals surface area (Å²) in [6.07, 6.45) is 1.56. The van der Waals surface area contributed by atoms with Crippen LogP contribution in [0.5, 0.6) is 11.5 Å². The minimum atomic E-state index is -0.453. The lowest BCUT2D eigenvalue weighted by molar-refractivity contribution is -0.384. The van der Waals surface area contributed by atoms with Crippen LogP contribution in [0.25, 0.3) is 0 Å². The number of nitro benzene ring substituents is 1. The normalized spacial score (nSPS) is 10.8. The van der Waals surface area contributed by atoms with Crippen molar-refractivity contribution < 1.29 is 23.6 Å². The Morgan fingerprint density at radius 2 is 1.91 bits per heavy atom. The highest BCUT2D eigenvalue weighted by Gasteiger charge is 2.13. The third-order valence-corrected chi connectivity index (χ3v) is 5.32. The van der Waals surface area contributed by atoms with Gasteiger partial charge in [-0.15, -0.1) is 0 Å². The average Bonchev–Trinajstić information content (AvgIpc) is 2.80. The van der Waals surface area contributed by atoms with E-state index < -0.39 is 4.92 Å². The molecule has 3 aromatic rings. The minimum Gasteiger partial charge on any atom is -0.490 e. The van der Waals surface area contributed by atoms with Crippen molar-refractivity contribution in [3.63, 3.8) is 0 Å². The van der Waals surface area contributed by atoms with Crippen molar-refractivity contribution >= 4 is 40.4 Å². The van der Waals surface area contributed by atoms with Crippen LogP contribution in [-0.4, -0.2) is 23.7 Å². The molecule has 1 N–H and O–H groups in total. The molecule has 0 saturated carbocycles. The molecule has 0 heterocycles. The molecule has 0 radical (unpaired) electrons. The molecule has 0 atom stereocenters. The smallest absolute Gasteiger partial charge is 0.269 e. The molecule has 0 saturated heterocycles. The number of carbonyl (C=O) groups excluding carboxylic acids is 1. The van der Waals surface area contributed by atoms with Gasteiger partial charge in [0.05, 0.1) is 27.7 Å². The second-order valence-corrected chi connectivity index (χ2v) is 8.24. The van der Waals surface area contributed by atoms with Crippen molar-refractivity contribution in [1.29, 1.82) is 0 Å². The molecule has 10 heteroatoms. The Kier molecular flexibility index (Phi) is 8.91. The molecule has 0 aliphatic carbocycles. The third kappa shape index (κ3) is 7.24. The molecule has 176 valence electrons. The van der Waals surface area contributed by atoms with Crippen molar-refractivity contribution in [3.05, 3.63) is 96.9 Å². The van der Waals surface area contributed by atoms with Gasteiger partial charge in [-0.25, -0.2) is 9.82 Å². The number of nitrogens with one attached hydrogen (secondary N) is 1. The monoisotopic (exact) mass is 577 g/mol. The molecule has 0 aliphatic rings. The summed E-state index contributed by atoms with van der Waals surface area (Å²) in [6.45, 7) is 2.37. The number of benzene rings is 3. The van der Waals surface area contributed by atoms with E-state index in [1.54, 1.807) is 30.3 Å². The van der Waals surface area contributed by atoms with Gasteiger partial charge in [0.15, 0.2) is 11.5 Å². The number of nitro groups is 1. The average molecular weight is 577 g/mol. The van der Waals surface area contributed by atoms with E-state index in [0.29, 0.717) is 34.8 Å². The Hall–Kier alpha value is -3.54. The van der Waals surface area contributed by atoms with Crippen LogP contribution in [0.4, 0.5) is 10.1 Å². The number of carbonyl (C=O) groups is 1. The molecule has 0 aromatic heterocycles. The summed E-state index contributed by atoms with van der Waals surface area (Å²) < 4.78 is 25.3. The van der Waals surface area contributed by atoms with E-state index in [9.17, 15) is 19.3 Å². The van der Waals surface area contributed by atoms with Crippen molar-refractivity contribution in [2.45, 2.75) is 20.0 Å². The third-order valence-electron chi connectivity index (χ3n) is 4.52. The second kappa shape index (κ2) is 12.1. The highest BCUT2D eigenvalue weighted by Crippen LogP contribution is 2.34. The molecule has 34 heavy (non-hydrogen) atoms. The molecule has 0 unspecified atom stereocenters. The second-order valence-electron chi connectivity index (χ2n) is 7.08. The predicted octanol–water partition coefficient (Wildman–Crippen LogP) is 5.01. The number of non-ortho nitro benzene ring substituents is 1. The van der Waals surface area contributed by atoms with E-state index in [0.717, 1.165) is 3.57 Å². The quantitative estimate of drug-likeness (QED) is 0.158. The van der Waals surface area contributed by atoms with Crippen molar-refractivity contribution in [2.75, 3.05) is 6.61 Å². The molecule has 0 fully saturated rings. The van der Waals surface area contributed by atoms with E-state index in [1.165, 1.54) is 30.5 Å². The fraction of sp³-hybridized carbons (Fsp3) is 0.167. The maximum absolute atomic E-state index is 13.0. The summed E-state index contributed by atoms with van der Waals surface area (Å²) in [4.78, 5) is 22.6. The first-order chi connectivity index (χ1) is 16.4. The van der Waals surface area contributed by atoms with Crippen LogP contribution in [0.1, 0.15) is 23.6 Å². The largest absolute Gasteiger partial charge is 0.490 e. The minimum absolute atomic E-state index is 0.00568. The first-order valence-corrected chi connectivity index (χ1v) is 11.3. The van der Waals surface area contributed by atoms with Gasteiger partial charge in [-0.05, 0) is 70.5 Å². The zero-order chi connectivity index (χ0) is 24.5. The van der Waals surface area contributed by atoms with Gasteiger partial charge in [-0.3, -0.25) is 14.9 Å². The number of hydrazone groups is 1. The van der Waals surface area contributed by atoms with E-state index in [-0.39, 0.29) is 30.4 Å². The molecule has 3 aromatic carbocycles. The van der Waals surface area contributed by atoms with E-state index in [4.69, 9.17) is 9.47 Å². The van der Waals surface area contributed by atoms with Crippen LogP contribution in [0.15, 0.2) is 65.8 Å². The predicted molar refractivity (Wildman–Crippen MR) is 134 cm³/mol. The zero-order valence-electron chi connectivity index (χ0n) is 18.2. The number of ether oxygens (including phenoxy) is 2. The lowest BCUT2D eigenvalue weighted by Gasteiger charge is -2.14. The summed E-state index contributed by atoms with van der Waals surface area (Å²) in [7, 11) is 0. The Bertz CT molecular complexity index is 1200. The summed E-state index contributed by atoms with van der Waals surface area (Å²) in [5.41, 5.74) is 4.45. The first-order valence-electron chi connectivity index (χ1n) is 10.2. The topological polar surface area (TPSA) is 103 Å². The lowest BCUT2D eigenvalue weighted by Crippen LogP contribution is -2.19. The number of rotatable bonds is 10. The number of hydrogen-bond donors (Lipinski definition) is 1. The van der Waals surface area contributed by atoms with Crippen LogP contribution >= 0.6 is 22.6 Å². The molecule has 3 rings (SSSR count). The Labute approximate surface area is 209 Å². The van der Waals surface area contributed by atoms with Crippen LogP contribution in [0.2, 0.25) is 0 Å². The van der Waals surface area contributed by atoms with Gasteiger partial charge in [-0.1, -0.05) is 24.3 Å². The SMILES string of the molecule is CCOc1cc(/C=N/NC(=O)Cc2ccc(F)cc2)cc(I)c1OCc1cccc([N+](=O)[O-])c1.